The maximum atomic E-state index is 14.0. The summed E-state index contributed by atoms with van der Waals surface area (Å²) in [5.41, 5.74) is -1.70. The number of anilines is 1. The minimum Gasteiger partial charge on any atom is -0.492 e. The van der Waals surface area contributed by atoms with Crippen LogP contribution in [0, 0.1) is 11.8 Å². The second-order valence-electron chi connectivity index (χ2n) is 10.4. The quantitative estimate of drug-likeness (QED) is 0.380. The fraction of sp³-hybridized carbons (Fsp3) is 0.708. The number of rotatable bonds is 8. The third kappa shape index (κ3) is 7.44. The highest BCUT2D eigenvalue weighted by molar-refractivity contribution is 7.91. The predicted octanol–water partition coefficient (Wildman–Crippen LogP) is 6.03. The molecule has 14 heteroatoms. The van der Waals surface area contributed by atoms with Crippen molar-refractivity contribution in [3.05, 3.63) is 17.7 Å². The van der Waals surface area contributed by atoms with Gasteiger partial charge < -0.3 is 14.7 Å². The van der Waals surface area contributed by atoms with Crippen LogP contribution in [0.4, 0.5) is 36.4 Å². The molecule has 1 aliphatic heterocycles. The summed E-state index contributed by atoms with van der Waals surface area (Å²) >= 11 is 0. The van der Waals surface area contributed by atoms with Crippen molar-refractivity contribution in [1.82, 2.24) is 0 Å². The van der Waals surface area contributed by atoms with Gasteiger partial charge in [-0.3, -0.25) is 4.79 Å². The molecular formula is C24H30F7NO5S. The van der Waals surface area contributed by atoms with Crippen molar-refractivity contribution in [3.8, 4) is 5.75 Å². The molecule has 0 unspecified atom stereocenters. The summed E-state index contributed by atoms with van der Waals surface area (Å²) in [5.74, 6) is -11.0. The molecule has 2 atom stereocenters. The van der Waals surface area contributed by atoms with Gasteiger partial charge in [0.1, 0.15) is 12.4 Å². The van der Waals surface area contributed by atoms with Crippen LogP contribution < -0.4 is 9.64 Å². The predicted molar refractivity (Wildman–Crippen MR) is 124 cm³/mol. The molecule has 1 fully saturated rings. The number of alkyl halides is 7. The third-order valence-corrected chi connectivity index (χ3v) is 8.86. The van der Waals surface area contributed by atoms with Crippen LogP contribution in [0.15, 0.2) is 17.0 Å². The maximum Gasteiger partial charge on any atom is 0.420 e. The lowest BCUT2D eigenvalue weighted by Crippen LogP contribution is -2.43. The van der Waals surface area contributed by atoms with E-state index in [9.17, 15) is 43.9 Å². The van der Waals surface area contributed by atoms with Gasteiger partial charge in [0, 0.05) is 37.9 Å². The first-order valence-electron chi connectivity index (χ1n) is 12.1. The van der Waals surface area contributed by atoms with Crippen molar-refractivity contribution >= 4 is 21.5 Å². The summed E-state index contributed by atoms with van der Waals surface area (Å²) in [5, 5.41) is 9.04. The number of sulfone groups is 1. The van der Waals surface area contributed by atoms with Gasteiger partial charge in [-0.05, 0) is 45.1 Å². The molecule has 0 saturated heterocycles. The fourth-order valence-corrected chi connectivity index (χ4v) is 6.65. The lowest BCUT2D eigenvalue weighted by Gasteiger charge is -2.39. The molecule has 0 radical (unpaired) electrons. The van der Waals surface area contributed by atoms with Crippen molar-refractivity contribution in [2.24, 2.45) is 11.8 Å². The molecule has 0 bridgehead atoms. The second-order valence-corrected chi connectivity index (χ2v) is 12.4. The molecule has 3 rings (SSSR count). The van der Waals surface area contributed by atoms with E-state index in [1.54, 1.807) is 0 Å². The fourth-order valence-electron chi connectivity index (χ4n) is 4.79. The van der Waals surface area contributed by atoms with Gasteiger partial charge in [0.05, 0.1) is 27.8 Å². The van der Waals surface area contributed by atoms with Crippen molar-refractivity contribution < 1.29 is 53.8 Å². The van der Waals surface area contributed by atoms with Crippen molar-refractivity contribution in [1.29, 1.82) is 0 Å². The van der Waals surface area contributed by atoms with Gasteiger partial charge in [-0.2, -0.15) is 13.2 Å². The van der Waals surface area contributed by atoms with Crippen molar-refractivity contribution in [2.75, 3.05) is 23.8 Å². The number of aliphatic carboxylic acids is 1. The van der Waals surface area contributed by atoms with Crippen LogP contribution in [0.25, 0.3) is 0 Å². The lowest BCUT2D eigenvalue weighted by molar-refractivity contribution is -0.142. The summed E-state index contributed by atoms with van der Waals surface area (Å²) in [7, 11) is -4.33. The lowest BCUT2D eigenvalue weighted by atomic mass is 9.89. The van der Waals surface area contributed by atoms with E-state index in [0.717, 1.165) is 0 Å². The zero-order valence-electron chi connectivity index (χ0n) is 20.8. The Kier molecular flexibility index (Phi) is 8.55. The van der Waals surface area contributed by atoms with E-state index in [1.165, 1.54) is 11.8 Å². The molecule has 1 saturated carbocycles. The minimum absolute atomic E-state index is 0.126. The van der Waals surface area contributed by atoms with E-state index in [2.05, 4.69) is 0 Å². The Bertz CT molecular complexity index is 1120. The number of benzene rings is 1. The molecule has 1 aliphatic carbocycles. The van der Waals surface area contributed by atoms with E-state index < -0.39 is 99.5 Å². The number of carbonyl (C=O) groups is 1. The van der Waals surface area contributed by atoms with Crippen LogP contribution in [0.2, 0.25) is 0 Å². The van der Waals surface area contributed by atoms with Gasteiger partial charge in [-0.15, -0.1) is 0 Å². The second kappa shape index (κ2) is 10.7. The van der Waals surface area contributed by atoms with Gasteiger partial charge in [0.15, 0.2) is 9.84 Å². The average Bonchev–Trinajstić information content (AvgIpc) is 2.88. The molecule has 0 amide bonds. The number of nitrogens with zero attached hydrogens (tertiary/aromatic N) is 1. The standard InChI is InChI=1S/C24H30F7NO5S/c1-14(21(33)34)12-37-19-10-20-18(9-17(19)24(29,30)31)32(16-4-7-23(27,28)8-5-16)11-15(13-38(20,35)36)3-6-22(2,25)26/h9-10,14-16H,3-8,11-13H2,1-2H3,(H,33,34)/t14-,15+/m1/s1. The van der Waals surface area contributed by atoms with Crippen LogP contribution in [-0.4, -0.2) is 56.3 Å². The smallest absolute Gasteiger partial charge is 0.420 e. The Morgan fingerprint density at radius 2 is 1.79 bits per heavy atom. The Hall–Kier alpha value is -2.25. The largest absolute Gasteiger partial charge is 0.492 e. The first-order valence-corrected chi connectivity index (χ1v) is 13.8. The van der Waals surface area contributed by atoms with Gasteiger partial charge in [0.2, 0.25) is 11.8 Å². The molecule has 1 heterocycles. The topological polar surface area (TPSA) is 83.9 Å². The van der Waals surface area contributed by atoms with Crippen LogP contribution >= 0.6 is 0 Å². The summed E-state index contributed by atoms with van der Waals surface area (Å²) < 4.78 is 129. The van der Waals surface area contributed by atoms with E-state index in [4.69, 9.17) is 9.84 Å². The summed E-state index contributed by atoms with van der Waals surface area (Å²) in [6.07, 6.45) is -7.28. The molecule has 0 spiro atoms. The number of carboxylic acid groups (broad SMARTS) is 1. The van der Waals surface area contributed by atoms with E-state index in [-0.39, 0.29) is 31.5 Å². The summed E-state index contributed by atoms with van der Waals surface area (Å²) in [6, 6.07) is 0.534. The van der Waals surface area contributed by atoms with E-state index in [1.807, 2.05) is 0 Å². The molecular weight excluding hydrogens is 547 g/mol. The molecule has 6 nitrogen and oxygen atoms in total. The van der Waals surface area contributed by atoms with Gasteiger partial charge in [0.25, 0.3) is 0 Å². The molecule has 1 aromatic rings. The number of halogens is 7. The van der Waals surface area contributed by atoms with Crippen molar-refractivity contribution in [3.63, 3.8) is 0 Å². The zero-order chi connectivity index (χ0) is 28.7. The Morgan fingerprint density at radius 1 is 1.18 bits per heavy atom. The third-order valence-electron chi connectivity index (χ3n) is 6.95. The highest BCUT2D eigenvalue weighted by atomic mass is 32.2. The Labute approximate surface area is 216 Å². The molecule has 1 aromatic carbocycles. The van der Waals surface area contributed by atoms with Gasteiger partial charge >= 0.3 is 12.1 Å². The normalized spacial score (nSPS) is 22.9. The maximum absolute atomic E-state index is 14.0. The SMILES string of the molecule is C[C@H](COc1cc2c(cc1C(F)(F)F)N(C1CCC(F)(F)CC1)C[C@H](CCC(C)(F)F)CS2(=O)=O)C(=O)O. The highest BCUT2D eigenvalue weighted by Gasteiger charge is 2.43. The highest BCUT2D eigenvalue weighted by Crippen LogP contribution is 2.46. The van der Waals surface area contributed by atoms with Gasteiger partial charge in [-0.1, -0.05) is 0 Å². The average molecular weight is 578 g/mol. The molecule has 216 valence electrons. The molecule has 2 aliphatic rings. The number of carboxylic acids is 1. The van der Waals surface area contributed by atoms with Crippen LogP contribution in [-0.2, 0) is 20.8 Å². The number of hydrogen-bond donors (Lipinski definition) is 1. The molecule has 38 heavy (non-hydrogen) atoms. The zero-order valence-corrected chi connectivity index (χ0v) is 21.6. The Balaban J connectivity index is 2.12. The van der Waals surface area contributed by atoms with Crippen molar-refractivity contribution in [2.45, 2.75) is 81.3 Å². The minimum atomic E-state index is -5.03. The summed E-state index contributed by atoms with van der Waals surface area (Å²) in [6.45, 7) is 0.995. The van der Waals surface area contributed by atoms with Crippen LogP contribution in [0.1, 0.15) is 57.9 Å². The van der Waals surface area contributed by atoms with E-state index in [0.29, 0.717) is 19.1 Å². The Morgan fingerprint density at radius 3 is 2.32 bits per heavy atom. The van der Waals surface area contributed by atoms with E-state index >= 15 is 0 Å². The molecule has 0 aromatic heterocycles. The number of fused-ring (bicyclic) bond motifs is 1. The van der Waals surface area contributed by atoms with Crippen LogP contribution in [0.3, 0.4) is 0 Å². The number of hydrogen-bond acceptors (Lipinski definition) is 5. The van der Waals surface area contributed by atoms with Gasteiger partial charge in [-0.25, -0.2) is 26.0 Å². The monoisotopic (exact) mass is 577 g/mol. The first kappa shape index (κ1) is 30.3. The first-order chi connectivity index (χ1) is 17.3. The number of ether oxygens (including phenoxy) is 1. The summed E-state index contributed by atoms with van der Waals surface area (Å²) in [4.78, 5) is 11.9. The molecule has 1 N–H and O–H groups in total. The van der Waals surface area contributed by atoms with Crippen LogP contribution in [0.5, 0.6) is 5.75 Å².